The number of fused-ring (bicyclic) bond motifs is 1. The number of rotatable bonds is 6. The fourth-order valence-electron chi connectivity index (χ4n) is 3.51. The number of hydrogen-bond donors (Lipinski definition) is 0. The van der Waals surface area contributed by atoms with E-state index in [1.165, 1.54) is 5.56 Å². The fraction of sp³-hybridized carbons (Fsp3) is 0.632. The molecule has 5 nitrogen and oxygen atoms in total. The van der Waals surface area contributed by atoms with Crippen LogP contribution in [-0.4, -0.2) is 45.5 Å². The van der Waals surface area contributed by atoms with Gasteiger partial charge in [0.1, 0.15) is 5.75 Å². The van der Waals surface area contributed by atoms with Gasteiger partial charge < -0.3 is 19.1 Å². The molecular formula is C19H27NO4. The third-order valence-corrected chi connectivity index (χ3v) is 4.93. The quantitative estimate of drug-likeness (QED) is 0.751. The predicted molar refractivity (Wildman–Crippen MR) is 92.8 cm³/mol. The molecule has 0 aliphatic carbocycles. The lowest BCUT2D eigenvalue weighted by Crippen LogP contribution is -2.37. The van der Waals surface area contributed by atoms with Crippen molar-refractivity contribution in [3.63, 3.8) is 0 Å². The van der Waals surface area contributed by atoms with E-state index in [1.54, 1.807) is 7.11 Å². The standard InChI is InChI=1S/C19H27NO4/c1-14-8-10-20(19-16(14)6-3-7-17(19)22-2)18(21)9-12-23-13-15-5-4-11-24-15/h3,6-7,14-15H,4-5,8-13H2,1-2H3/t14-,15+/m0/s1. The summed E-state index contributed by atoms with van der Waals surface area (Å²) in [6, 6.07) is 6.01. The summed E-state index contributed by atoms with van der Waals surface area (Å²) < 4.78 is 16.7. The molecular weight excluding hydrogens is 306 g/mol. The molecule has 1 aromatic carbocycles. The van der Waals surface area contributed by atoms with Crippen LogP contribution in [0.1, 0.15) is 44.1 Å². The van der Waals surface area contributed by atoms with Crippen molar-refractivity contribution in [3.8, 4) is 5.75 Å². The average Bonchev–Trinajstić information content (AvgIpc) is 3.12. The molecule has 0 saturated carbocycles. The van der Waals surface area contributed by atoms with E-state index in [1.807, 2.05) is 17.0 Å². The van der Waals surface area contributed by atoms with Crippen LogP contribution >= 0.6 is 0 Å². The first-order valence-electron chi connectivity index (χ1n) is 8.87. The lowest BCUT2D eigenvalue weighted by molar-refractivity contribution is -0.120. The molecule has 5 heteroatoms. The SMILES string of the molecule is COc1cccc2c1N(C(=O)CCOC[C@H]1CCCO1)CC[C@@H]2C. The average molecular weight is 333 g/mol. The summed E-state index contributed by atoms with van der Waals surface area (Å²) >= 11 is 0. The van der Waals surface area contributed by atoms with Gasteiger partial charge in [-0.05, 0) is 36.8 Å². The Kier molecular flexibility index (Phi) is 5.74. The maximum absolute atomic E-state index is 12.7. The van der Waals surface area contributed by atoms with Crippen molar-refractivity contribution < 1.29 is 19.0 Å². The molecule has 1 amide bonds. The summed E-state index contributed by atoms with van der Waals surface area (Å²) in [7, 11) is 1.66. The molecule has 24 heavy (non-hydrogen) atoms. The first-order valence-corrected chi connectivity index (χ1v) is 8.87. The van der Waals surface area contributed by atoms with E-state index in [0.717, 1.165) is 43.9 Å². The van der Waals surface area contributed by atoms with Gasteiger partial charge in [-0.1, -0.05) is 19.1 Å². The highest BCUT2D eigenvalue weighted by Crippen LogP contribution is 2.41. The Morgan fingerprint density at radius 2 is 2.25 bits per heavy atom. The van der Waals surface area contributed by atoms with Gasteiger partial charge in [-0.15, -0.1) is 0 Å². The normalized spacial score (nSPS) is 23.2. The zero-order valence-electron chi connectivity index (χ0n) is 14.6. The van der Waals surface area contributed by atoms with Gasteiger partial charge >= 0.3 is 0 Å². The number of hydrogen-bond acceptors (Lipinski definition) is 4. The van der Waals surface area contributed by atoms with E-state index in [0.29, 0.717) is 25.6 Å². The predicted octanol–water partition coefficient (Wildman–Crippen LogP) is 3.12. The molecule has 1 saturated heterocycles. The molecule has 0 N–H and O–H groups in total. The first-order chi connectivity index (χ1) is 11.7. The molecule has 0 radical (unpaired) electrons. The Morgan fingerprint density at radius 1 is 1.38 bits per heavy atom. The topological polar surface area (TPSA) is 48.0 Å². The van der Waals surface area contributed by atoms with Crippen LogP contribution in [0.2, 0.25) is 0 Å². The largest absolute Gasteiger partial charge is 0.495 e. The number of anilines is 1. The molecule has 3 rings (SSSR count). The molecule has 2 heterocycles. The molecule has 132 valence electrons. The number of para-hydroxylation sites is 1. The number of benzene rings is 1. The zero-order valence-corrected chi connectivity index (χ0v) is 14.6. The van der Waals surface area contributed by atoms with E-state index in [4.69, 9.17) is 14.2 Å². The molecule has 1 fully saturated rings. The first kappa shape index (κ1) is 17.2. The highest BCUT2D eigenvalue weighted by Gasteiger charge is 2.29. The summed E-state index contributed by atoms with van der Waals surface area (Å²) in [6.45, 7) is 4.79. The van der Waals surface area contributed by atoms with Crippen LogP contribution in [0.25, 0.3) is 0 Å². The minimum atomic E-state index is 0.0972. The lowest BCUT2D eigenvalue weighted by Gasteiger charge is -2.34. The minimum Gasteiger partial charge on any atom is -0.495 e. The molecule has 2 aliphatic heterocycles. The van der Waals surface area contributed by atoms with Crippen LogP contribution in [0.5, 0.6) is 5.75 Å². The Labute approximate surface area is 143 Å². The lowest BCUT2D eigenvalue weighted by atomic mass is 9.91. The van der Waals surface area contributed by atoms with Crippen molar-refractivity contribution in [3.05, 3.63) is 23.8 Å². The van der Waals surface area contributed by atoms with E-state index in [2.05, 4.69) is 13.0 Å². The summed E-state index contributed by atoms with van der Waals surface area (Å²) in [6.07, 6.45) is 3.73. The smallest absolute Gasteiger partial charge is 0.229 e. The molecule has 0 aromatic heterocycles. The Bertz CT molecular complexity index is 568. The van der Waals surface area contributed by atoms with Gasteiger partial charge in [0, 0.05) is 13.2 Å². The summed E-state index contributed by atoms with van der Waals surface area (Å²) in [5.41, 5.74) is 2.12. The maximum Gasteiger partial charge on any atom is 0.229 e. The number of carbonyl (C=O) groups excluding carboxylic acids is 1. The van der Waals surface area contributed by atoms with Crippen LogP contribution in [-0.2, 0) is 14.3 Å². The fourth-order valence-corrected chi connectivity index (χ4v) is 3.51. The van der Waals surface area contributed by atoms with Crippen LogP contribution in [0.4, 0.5) is 5.69 Å². The Hall–Kier alpha value is -1.59. The van der Waals surface area contributed by atoms with E-state index < -0.39 is 0 Å². The summed E-state index contributed by atoms with van der Waals surface area (Å²) in [5.74, 6) is 1.31. The third-order valence-electron chi connectivity index (χ3n) is 4.93. The third kappa shape index (κ3) is 3.73. The van der Waals surface area contributed by atoms with Crippen LogP contribution in [0.3, 0.4) is 0 Å². The molecule has 0 spiro atoms. The van der Waals surface area contributed by atoms with Crippen molar-refractivity contribution in [2.24, 2.45) is 0 Å². The van der Waals surface area contributed by atoms with E-state index >= 15 is 0 Å². The zero-order chi connectivity index (χ0) is 16.9. The van der Waals surface area contributed by atoms with Gasteiger partial charge in [-0.3, -0.25) is 4.79 Å². The van der Waals surface area contributed by atoms with Crippen molar-refractivity contribution in [1.82, 2.24) is 0 Å². The van der Waals surface area contributed by atoms with Gasteiger partial charge in [-0.2, -0.15) is 0 Å². The second kappa shape index (κ2) is 7.99. The van der Waals surface area contributed by atoms with Crippen LogP contribution in [0.15, 0.2) is 18.2 Å². The summed E-state index contributed by atoms with van der Waals surface area (Å²) in [5, 5.41) is 0. The highest BCUT2D eigenvalue weighted by molar-refractivity contribution is 5.96. The number of nitrogens with zero attached hydrogens (tertiary/aromatic N) is 1. The second-order valence-electron chi connectivity index (χ2n) is 6.59. The van der Waals surface area contributed by atoms with Gasteiger partial charge in [-0.25, -0.2) is 0 Å². The number of amides is 1. The van der Waals surface area contributed by atoms with Crippen molar-refractivity contribution in [2.45, 2.75) is 44.6 Å². The highest BCUT2D eigenvalue weighted by atomic mass is 16.5. The maximum atomic E-state index is 12.7. The molecule has 0 unspecified atom stereocenters. The monoisotopic (exact) mass is 333 g/mol. The van der Waals surface area contributed by atoms with Crippen molar-refractivity contribution in [1.29, 1.82) is 0 Å². The molecule has 0 bridgehead atoms. The van der Waals surface area contributed by atoms with Crippen molar-refractivity contribution >= 4 is 11.6 Å². The molecule has 2 aliphatic rings. The Balaban J connectivity index is 1.60. The second-order valence-corrected chi connectivity index (χ2v) is 6.59. The van der Waals surface area contributed by atoms with E-state index in [9.17, 15) is 4.79 Å². The number of ether oxygens (including phenoxy) is 3. The van der Waals surface area contributed by atoms with Gasteiger partial charge in [0.2, 0.25) is 5.91 Å². The summed E-state index contributed by atoms with van der Waals surface area (Å²) in [4.78, 5) is 14.6. The van der Waals surface area contributed by atoms with Gasteiger partial charge in [0.05, 0.1) is 38.5 Å². The van der Waals surface area contributed by atoms with Crippen molar-refractivity contribution in [2.75, 3.05) is 38.4 Å². The van der Waals surface area contributed by atoms with Gasteiger partial charge in [0.15, 0.2) is 0 Å². The number of carbonyl (C=O) groups is 1. The van der Waals surface area contributed by atoms with Gasteiger partial charge in [0.25, 0.3) is 0 Å². The van der Waals surface area contributed by atoms with Crippen LogP contribution in [0, 0.1) is 0 Å². The minimum absolute atomic E-state index is 0.0972. The van der Waals surface area contributed by atoms with E-state index in [-0.39, 0.29) is 12.0 Å². The van der Waals surface area contributed by atoms with Crippen LogP contribution < -0.4 is 9.64 Å². The Morgan fingerprint density at radius 3 is 3.00 bits per heavy atom. The molecule has 1 aromatic rings. The number of methoxy groups -OCH3 is 1. The molecule has 2 atom stereocenters.